The molecule has 0 aromatic carbocycles. The van der Waals surface area contributed by atoms with Crippen molar-refractivity contribution in [2.24, 2.45) is 0 Å². The predicted molar refractivity (Wildman–Crippen MR) is 55.3 cm³/mol. The molecular formula is C10H18N2O3. The van der Waals surface area contributed by atoms with Crippen molar-refractivity contribution in [2.45, 2.75) is 25.8 Å². The molecule has 0 radical (unpaired) electrons. The van der Waals surface area contributed by atoms with E-state index < -0.39 is 6.04 Å². The van der Waals surface area contributed by atoms with Gasteiger partial charge in [-0.05, 0) is 19.8 Å². The average Bonchev–Trinajstić information content (AvgIpc) is 2.69. The number of amides is 2. The summed E-state index contributed by atoms with van der Waals surface area (Å²) in [5.74, 6) is -0.255. The maximum atomic E-state index is 11.8. The molecule has 0 saturated carbocycles. The summed E-state index contributed by atoms with van der Waals surface area (Å²) in [4.78, 5) is 24.7. The Kier molecular flexibility index (Phi) is 4.55. The van der Waals surface area contributed by atoms with E-state index in [1.807, 2.05) is 0 Å². The van der Waals surface area contributed by atoms with E-state index in [0.717, 1.165) is 25.9 Å². The SMILES string of the molecule is COCC(=O)NC(C)C(=O)N1CCCC1. The monoisotopic (exact) mass is 214 g/mol. The van der Waals surface area contributed by atoms with Gasteiger partial charge >= 0.3 is 0 Å². The average molecular weight is 214 g/mol. The Bertz CT molecular complexity index is 237. The second-order valence-electron chi connectivity index (χ2n) is 3.75. The summed E-state index contributed by atoms with van der Waals surface area (Å²) in [5.41, 5.74) is 0. The van der Waals surface area contributed by atoms with E-state index >= 15 is 0 Å². The van der Waals surface area contributed by atoms with E-state index in [1.165, 1.54) is 7.11 Å². The van der Waals surface area contributed by atoms with Gasteiger partial charge in [-0.3, -0.25) is 9.59 Å². The molecule has 1 N–H and O–H groups in total. The lowest BCUT2D eigenvalue weighted by molar-refractivity contribution is -0.136. The topological polar surface area (TPSA) is 58.6 Å². The zero-order valence-electron chi connectivity index (χ0n) is 9.28. The molecule has 0 aromatic rings. The standard InChI is InChI=1S/C10H18N2O3/c1-8(11-9(13)7-15-2)10(14)12-5-3-4-6-12/h8H,3-7H2,1-2H3,(H,11,13). The van der Waals surface area contributed by atoms with Crippen LogP contribution in [0, 0.1) is 0 Å². The van der Waals surface area contributed by atoms with Crippen molar-refractivity contribution in [3.05, 3.63) is 0 Å². The molecule has 5 heteroatoms. The number of likely N-dealkylation sites (tertiary alicyclic amines) is 1. The number of ether oxygens (including phenoxy) is 1. The summed E-state index contributed by atoms with van der Waals surface area (Å²) in [6, 6.07) is -0.453. The van der Waals surface area contributed by atoms with Gasteiger partial charge in [0.05, 0.1) is 0 Å². The zero-order valence-corrected chi connectivity index (χ0v) is 9.28. The molecule has 0 spiro atoms. The Hall–Kier alpha value is -1.10. The van der Waals surface area contributed by atoms with Crippen LogP contribution in [0.1, 0.15) is 19.8 Å². The molecule has 1 aliphatic heterocycles. The van der Waals surface area contributed by atoms with Crippen molar-refractivity contribution in [1.29, 1.82) is 0 Å². The van der Waals surface area contributed by atoms with Crippen LogP contribution in [0.4, 0.5) is 0 Å². The predicted octanol–water partition coefficient (Wildman–Crippen LogP) is -0.240. The Labute approximate surface area is 89.8 Å². The largest absolute Gasteiger partial charge is 0.375 e. The summed E-state index contributed by atoms with van der Waals surface area (Å²) in [6.45, 7) is 3.32. The van der Waals surface area contributed by atoms with E-state index in [4.69, 9.17) is 0 Å². The van der Waals surface area contributed by atoms with Crippen LogP contribution in [0.15, 0.2) is 0 Å². The van der Waals surface area contributed by atoms with Crippen LogP contribution in [0.25, 0.3) is 0 Å². The summed E-state index contributed by atoms with van der Waals surface area (Å²) in [6.07, 6.45) is 2.12. The number of rotatable bonds is 4. The van der Waals surface area contributed by atoms with Gasteiger partial charge in [0, 0.05) is 20.2 Å². The van der Waals surface area contributed by atoms with Crippen molar-refractivity contribution >= 4 is 11.8 Å². The fraction of sp³-hybridized carbons (Fsp3) is 0.800. The van der Waals surface area contributed by atoms with Gasteiger partial charge in [-0.2, -0.15) is 0 Å². The van der Waals surface area contributed by atoms with Gasteiger partial charge in [0.1, 0.15) is 12.6 Å². The van der Waals surface area contributed by atoms with Crippen LogP contribution in [-0.2, 0) is 14.3 Å². The number of nitrogens with zero attached hydrogens (tertiary/aromatic N) is 1. The molecule has 1 saturated heterocycles. The number of carbonyl (C=O) groups excluding carboxylic acids is 2. The lowest BCUT2D eigenvalue weighted by Crippen LogP contribution is -2.46. The smallest absolute Gasteiger partial charge is 0.246 e. The van der Waals surface area contributed by atoms with Gasteiger partial charge in [-0.15, -0.1) is 0 Å². The fourth-order valence-electron chi connectivity index (χ4n) is 1.69. The fourth-order valence-corrected chi connectivity index (χ4v) is 1.69. The second-order valence-corrected chi connectivity index (χ2v) is 3.75. The quantitative estimate of drug-likeness (QED) is 0.702. The Morgan fingerprint density at radius 3 is 2.53 bits per heavy atom. The highest BCUT2D eigenvalue weighted by atomic mass is 16.5. The van der Waals surface area contributed by atoms with Crippen LogP contribution < -0.4 is 5.32 Å². The summed E-state index contributed by atoms with van der Waals surface area (Å²) in [5, 5.41) is 2.60. The molecule has 1 atom stereocenters. The first-order chi connectivity index (χ1) is 7.15. The van der Waals surface area contributed by atoms with E-state index in [-0.39, 0.29) is 18.4 Å². The lowest BCUT2D eigenvalue weighted by atomic mass is 10.3. The van der Waals surface area contributed by atoms with Crippen LogP contribution in [-0.4, -0.2) is 49.6 Å². The van der Waals surface area contributed by atoms with Gasteiger partial charge in [0.2, 0.25) is 11.8 Å². The summed E-state index contributed by atoms with van der Waals surface area (Å²) >= 11 is 0. The van der Waals surface area contributed by atoms with Gasteiger partial charge in [0.25, 0.3) is 0 Å². The highest BCUT2D eigenvalue weighted by Crippen LogP contribution is 2.08. The van der Waals surface area contributed by atoms with Crippen LogP contribution in [0.2, 0.25) is 0 Å². The Morgan fingerprint density at radius 1 is 1.40 bits per heavy atom. The molecule has 1 fully saturated rings. The van der Waals surface area contributed by atoms with E-state index in [1.54, 1.807) is 11.8 Å². The highest BCUT2D eigenvalue weighted by Gasteiger charge is 2.23. The highest BCUT2D eigenvalue weighted by molar-refractivity contribution is 5.87. The lowest BCUT2D eigenvalue weighted by Gasteiger charge is -2.20. The van der Waals surface area contributed by atoms with E-state index in [0.29, 0.717) is 0 Å². The molecule has 0 aliphatic carbocycles. The Morgan fingerprint density at radius 2 is 2.00 bits per heavy atom. The number of nitrogens with one attached hydrogen (secondary N) is 1. The van der Waals surface area contributed by atoms with Crippen LogP contribution in [0.3, 0.4) is 0 Å². The van der Waals surface area contributed by atoms with E-state index in [9.17, 15) is 9.59 Å². The summed E-state index contributed by atoms with van der Waals surface area (Å²) < 4.78 is 4.67. The van der Waals surface area contributed by atoms with Crippen LogP contribution in [0.5, 0.6) is 0 Å². The molecule has 0 aromatic heterocycles. The molecule has 1 unspecified atom stereocenters. The molecular weight excluding hydrogens is 196 g/mol. The third-order valence-electron chi connectivity index (χ3n) is 2.44. The van der Waals surface area contributed by atoms with E-state index in [2.05, 4.69) is 10.1 Å². The molecule has 0 bridgehead atoms. The maximum Gasteiger partial charge on any atom is 0.246 e. The van der Waals surface area contributed by atoms with Gasteiger partial charge in [-0.25, -0.2) is 0 Å². The van der Waals surface area contributed by atoms with Crippen molar-refractivity contribution in [1.82, 2.24) is 10.2 Å². The first-order valence-electron chi connectivity index (χ1n) is 5.22. The number of hydrogen-bond acceptors (Lipinski definition) is 3. The first-order valence-corrected chi connectivity index (χ1v) is 5.22. The minimum absolute atomic E-state index is 0.00236. The third-order valence-corrected chi connectivity index (χ3v) is 2.44. The third kappa shape index (κ3) is 3.51. The molecule has 1 heterocycles. The van der Waals surface area contributed by atoms with Crippen molar-refractivity contribution in [3.63, 3.8) is 0 Å². The van der Waals surface area contributed by atoms with Gasteiger partial charge in [0.15, 0.2) is 0 Å². The van der Waals surface area contributed by atoms with Gasteiger partial charge < -0.3 is 15.0 Å². The zero-order chi connectivity index (χ0) is 11.3. The van der Waals surface area contributed by atoms with Gasteiger partial charge in [-0.1, -0.05) is 0 Å². The number of methoxy groups -OCH3 is 1. The molecule has 86 valence electrons. The molecule has 15 heavy (non-hydrogen) atoms. The molecule has 1 rings (SSSR count). The number of hydrogen-bond donors (Lipinski definition) is 1. The normalized spacial score (nSPS) is 17.6. The maximum absolute atomic E-state index is 11.8. The van der Waals surface area contributed by atoms with Crippen LogP contribution >= 0.6 is 0 Å². The summed E-state index contributed by atoms with van der Waals surface area (Å²) in [7, 11) is 1.45. The molecule has 5 nitrogen and oxygen atoms in total. The van der Waals surface area contributed by atoms with Crippen molar-refractivity contribution in [2.75, 3.05) is 26.8 Å². The first kappa shape index (κ1) is 12.0. The van der Waals surface area contributed by atoms with Crippen molar-refractivity contribution in [3.8, 4) is 0 Å². The molecule has 1 aliphatic rings. The Balaban J connectivity index is 2.35. The molecule has 2 amide bonds. The second kappa shape index (κ2) is 5.70. The number of carbonyl (C=O) groups is 2. The minimum atomic E-state index is -0.453. The van der Waals surface area contributed by atoms with Crippen molar-refractivity contribution < 1.29 is 14.3 Å². The minimum Gasteiger partial charge on any atom is -0.375 e.